The molecule has 0 atom stereocenters. The maximum Gasteiger partial charge on any atom is 0.225 e. The van der Waals surface area contributed by atoms with Crippen LogP contribution in [0, 0.1) is 0 Å². The number of aromatic nitrogens is 2. The number of hydrogen-bond acceptors (Lipinski definition) is 6. The number of carbonyl (C=O) groups excluding carboxylic acids is 1. The SMILES string of the molecule is COc1cc(NCCC(=O)NC(C)(C)C)nc(N)n1. The van der Waals surface area contributed by atoms with E-state index >= 15 is 0 Å². The van der Waals surface area contributed by atoms with Gasteiger partial charge >= 0.3 is 0 Å². The lowest BCUT2D eigenvalue weighted by Crippen LogP contribution is -2.41. The predicted molar refractivity (Wildman–Crippen MR) is 74.0 cm³/mol. The first-order chi connectivity index (χ1) is 8.80. The predicted octanol–water partition coefficient (Wildman–Crippen LogP) is 0.784. The summed E-state index contributed by atoms with van der Waals surface area (Å²) in [5, 5.41) is 5.88. The van der Waals surface area contributed by atoms with Crippen LogP contribution in [0.5, 0.6) is 5.88 Å². The second-order valence-corrected chi connectivity index (χ2v) is 5.13. The lowest BCUT2D eigenvalue weighted by atomic mass is 10.1. The number of nitrogens with one attached hydrogen (secondary N) is 2. The number of ether oxygens (including phenoxy) is 1. The van der Waals surface area contributed by atoms with Gasteiger partial charge in [0.1, 0.15) is 5.82 Å². The summed E-state index contributed by atoms with van der Waals surface area (Å²) < 4.78 is 4.98. The number of anilines is 2. The van der Waals surface area contributed by atoms with E-state index < -0.39 is 0 Å². The van der Waals surface area contributed by atoms with Crippen molar-refractivity contribution in [1.29, 1.82) is 0 Å². The van der Waals surface area contributed by atoms with Gasteiger partial charge in [0.15, 0.2) is 0 Å². The summed E-state index contributed by atoms with van der Waals surface area (Å²) in [4.78, 5) is 19.5. The fourth-order valence-corrected chi connectivity index (χ4v) is 1.42. The Morgan fingerprint density at radius 1 is 1.42 bits per heavy atom. The van der Waals surface area contributed by atoms with Gasteiger partial charge in [-0.2, -0.15) is 9.97 Å². The third-order valence-corrected chi connectivity index (χ3v) is 2.10. The summed E-state index contributed by atoms with van der Waals surface area (Å²) in [7, 11) is 1.50. The van der Waals surface area contributed by atoms with Gasteiger partial charge < -0.3 is 21.1 Å². The lowest BCUT2D eigenvalue weighted by Gasteiger charge is -2.20. The second-order valence-electron chi connectivity index (χ2n) is 5.13. The molecule has 1 aromatic heterocycles. The largest absolute Gasteiger partial charge is 0.481 e. The molecule has 1 heterocycles. The molecule has 7 nitrogen and oxygen atoms in total. The van der Waals surface area contributed by atoms with Gasteiger partial charge in [-0.3, -0.25) is 4.79 Å². The molecule has 0 fully saturated rings. The topological polar surface area (TPSA) is 102 Å². The highest BCUT2D eigenvalue weighted by atomic mass is 16.5. The first-order valence-corrected chi connectivity index (χ1v) is 6.03. The van der Waals surface area contributed by atoms with Crippen molar-refractivity contribution in [2.45, 2.75) is 32.7 Å². The fourth-order valence-electron chi connectivity index (χ4n) is 1.42. The maximum atomic E-state index is 11.6. The summed E-state index contributed by atoms with van der Waals surface area (Å²) in [5.41, 5.74) is 5.31. The standard InChI is InChI=1S/C12H21N5O2/c1-12(2,3)17-9(18)5-6-14-8-7-10(19-4)16-11(13)15-8/h7H,5-6H2,1-4H3,(H,17,18)(H3,13,14,15,16). The molecular weight excluding hydrogens is 246 g/mol. The van der Waals surface area contributed by atoms with Crippen molar-refractivity contribution in [3.63, 3.8) is 0 Å². The highest BCUT2D eigenvalue weighted by Crippen LogP contribution is 2.13. The molecule has 0 aliphatic heterocycles. The number of rotatable bonds is 5. The van der Waals surface area contributed by atoms with E-state index in [2.05, 4.69) is 20.6 Å². The molecule has 0 unspecified atom stereocenters. The van der Waals surface area contributed by atoms with E-state index in [1.165, 1.54) is 7.11 Å². The zero-order chi connectivity index (χ0) is 14.5. The molecule has 0 aliphatic rings. The van der Waals surface area contributed by atoms with Crippen molar-refractivity contribution in [3.8, 4) is 5.88 Å². The summed E-state index contributed by atoms with van der Waals surface area (Å²) in [6.45, 7) is 6.28. The Balaban J connectivity index is 2.45. The minimum Gasteiger partial charge on any atom is -0.481 e. The number of amides is 1. The third-order valence-electron chi connectivity index (χ3n) is 2.10. The van der Waals surface area contributed by atoms with Gasteiger partial charge in [-0.25, -0.2) is 0 Å². The third kappa shape index (κ3) is 5.89. The van der Waals surface area contributed by atoms with Gasteiger partial charge in [-0.15, -0.1) is 0 Å². The molecule has 7 heteroatoms. The molecule has 106 valence electrons. The van der Waals surface area contributed by atoms with E-state index in [1.807, 2.05) is 20.8 Å². The highest BCUT2D eigenvalue weighted by Gasteiger charge is 2.13. The number of carbonyl (C=O) groups is 1. The molecule has 0 spiro atoms. The Kier molecular flexibility index (Phi) is 4.91. The first kappa shape index (κ1) is 15.0. The van der Waals surface area contributed by atoms with Crippen molar-refractivity contribution >= 4 is 17.7 Å². The monoisotopic (exact) mass is 267 g/mol. The van der Waals surface area contributed by atoms with Crippen LogP contribution in [0.25, 0.3) is 0 Å². The molecule has 1 aromatic rings. The molecule has 1 amide bonds. The van der Waals surface area contributed by atoms with E-state index in [0.29, 0.717) is 24.7 Å². The van der Waals surface area contributed by atoms with Gasteiger partial charge in [0.05, 0.1) is 7.11 Å². The zero-order valence-corrected chi connectivity index (χ0v) is 11.8. The molecule has 1 rings (SSSR count). The molecule has 0 saturated carbocycles. The summed E-state index contributed by atoms with van der Waals surface area (Å²) >= 11 is 0. The Morgan fingerprint density at radius 2 is 2.11 bits per heavy atom. The van der Waals surface area contributed by atoms with Crippen molar-refractivity contribution in [1.82, 2.24) is 15.3 Å². The van der Waals surface area contributed by atoms with Gasteiger partial charge in [0.25, 0.3) is 0 Å². The van der Waals surface area contributed by atoms with Crippen LogP contribution in [0.4, 0.5) is 11.8 Å². The normalized spacial score (nSPS) is 10.9. The van der Waals surface area contributed by atoms with Crippen molar-refractivity contribution < 1.29 is 9.53 Å². The molecule has 4 N–H and O–H groups in total. The smallest absolute Gasteiger partial charge is 0.225 e. The minimum atomic E-state index is -0.223. The van der Waals surface area contributed by atoms with Gasteiger partial charge in [-0.05, 0) is 20.8 Å². The van der Waals surface area contributed by atoms with E-state index in [4.69, 9.17) is 10.5 Å². The molecule has 0 saturated heterocycles. The Morgan fingerprint density at radius 3 is 2.68 bits per heavy atom. The first-order valence-electron chi connectivity index (χ1n) is 6.03. The van der Waals surface area contributed by atoms with Crippen molar-refractivity contribution in [3.05, 3.63) is 6.07 Å². The quantitative estimate of drug-likeness (QED) is 0.728. The zero-order valence-electron chi connectivity index (χ0n) is 11.8. The van der Waals surface area contributed by atoms with Crippen LogP contribution in [-0.2, 0) is 4.79 Å². The molecule has 0 bridgehead atoms. The summed E-state index contributed by atoms with van der Waals surface area (Å²) in [5.74, 6) is 1.03. The van der Waals surface area contributed by atoms with Crippen LogP contribution >= 0.6 is 0 Å². The van der Waals surface area contributed by atoms with Gasteiger partial charge in [0.2, 0.25) is 17.7 Å². The summed E-state index contributed by atoms with van der Waals surface area (Å²) in [6, 6.07) is 1.62. The maximum absolute atomic E-state index is 11.6. The Labute approximate surface area is 113 Å². The van der Waals surface area contributed by atoms with Crippen molar-refractivity contribution in [2.75, 3.05) is 24.7 Å². The molecule has 0 aliphatic carbocycles. The number of hydrogen-bond donors (Lipinski definition) is 3. The van der Waals surface area contributed by atoms with Crippen LogP contribution < -0.4 is 21.1 Å². The van der Waals surface area contributed by atoms with Crippen LogP contribution in [-0.4, -0.2) is 35.1 Å². The number of methoxy groups -OCH3 is 1. The molecule has 0 aromatic carbocycles. The van der Waals surface area contributed by atoms with Crippen LogP contribution in [0.3, 0.4) is 0 Å². The van der Waals surface area contributed by atoms with E-state index in [-0.39, 0.29) is 17.4 Å². The van der Waals surface area contributed by atoms with E-state index in [9.17, 15) is 4.79 Å². The lowest BCUT2D eigenvalue weighted by molar-refractivity contribution is -0.122. The van der Waals surface area contributed by atoms with E-state index in [0.717, 1.165) is 0 Å². The average Bonchev–Trinajstić information content (AvgIpc) is 2.25. The van der Waals surface area contributed by atoms with Crippen LogP contribution in [0.2, 0.25) is 0 Å². The fraction of sp³-hybridized carbons (Fsp3) is 0.583. The Bertz CT molecular complexity index is 442. The number of nitrogens with zero attached hydrogens (tertiary/aromatic N) is 2. The van der Waals surface area contributed by atoms with Crippen LogP contribution in [0.15, 0.2) is 6.07 Å². The number of nitrogen functional groups attached to an aromatic ring is 1. The highest BCUT2D eigenvalue weighted by molar-refractivity contribution is 5.77. The van der Waals surface area contributed by atoms with E-state index in [1.54, 1.807) is 6.07 Å². The molecule has 19 heavy (non-hydrogen) atoms. The number of nitrogens with two attached hydrogens (primary N) is 1. The average molecular weight is 267 g/mol. The Hall–Kier alpha value is -2.05. The molecule has 0 radical (unpaired) electrons. The summed E-state index contributed by atoms with van der Waals surface area (Å²) in [6.07, 6.45) is 0.351. The minimum absolute atomic E-state index is 0.0195. The van der Waals surface area contributed by atoms with Crippen molar-refractivity contribution in [2.24, 2.45) is 0 Å². The van der Waals surface area contributed by atoms with Gasteiger partial charge in [0, 0.05) is 24.6 Å². The van der Waals surface area contributed by atoms with Crippen LogP contribution in [0.1, 0.15) is 27.2 Å². The molecular formula is C12H21N5O2. The second kappa shape index (κ2) is 6.21. The van der Waals surface area contributed by atoms with Gasteiger partial charge in [-0.1, -0.05) is 0 Å².